The lowest BCUT2D eigenvalue weighted by atomic mass is 9.93. The van der Waals surface area contributed by atoms with Crippen LogP contribution in [-0.4, -0.2) is 26.9 Å². The number of allylic oxidation sites excluding steroid dienone is 2. The third kappa shape index (κ3) is 8.94. The summed E-state index contributed by atoms with van der Waals surface area (Å²) in [4.78, 5) is 12.3. The zero-order valence-corrected chi connectivity index (χ0v) is 19.1. The Labute approximate surface area is 187 Å². The fourth-order valence-electron chi connectivity index (χ4n) is 4.15. The van der Waals surface area contributed by atoms with E-state index in [1.165, 1.54) is 70.3 Å². The molecule has 31 heavy (non-hydrogen) atoms. The van der Waals surface area contributed by atoms with Gasteiger partial charge < -0.3 is 20.1 Å². The molecule has 0 unspecified atom stereocenters. The second-order valence-electron chi connectivity index (χ2n) is 8.82. The largest absolute Gasteiger partial charge is 0.508 e. The summed E-state index contributed by atoms with van der Waals surface area (Å²) in [6, 6.07) is 2.37. The Kier molecular flexibility index (Phi) is 10.9. The Balaban J connectivity index is 1.52. The van der Waals surface area contributed by atoms with E-state index < -0.39 is 5.79 Å². The lowest BCUT2D eigenvalue weighted by molar-refractivity contribution is -0.145. The number of fused-ring (bicyclic) bond motifs is 1. The van der Waals surface area contributed by atoms with E-state index in [1.54, 1.807) is 0 Å². The summed E-state index contributed by atoms with van der Waals surface area (Å²) in [5.74, 6) is -2.38. The van der Waals surface area contributed by atoms with Crippen LogP contribution in [0.5, 0.6) is 17.2 Å². The van der Waals surface area contributed by atoms with E-state index in [4.69, 9.17) is 4.74 Å². The number of aromatic hydroxyl groups is 2. The number of ether oxygens (including phenoxy) is 1. The predicted molar refractivity (Wildman–Crippen MR) is 124 cm³/mol. The molecule has 1 aromatic carbocycles. The average Bonchev–Trinajstić information content (AvgIpc) is 2.69. The minimum Gasteiger partial charge on any atom is -0.508 e. The third-order valence-electron chi connectivity index (χ3n) is 5.89. The maximum atomic E-state index is 12.3. The van der Waals surface area contributed by atoms with Crippen molar-refractivity contribution in [1.29, 1.82) is 0 Å². The van der Waals surface area contributed by atoms with Gasteiger partial charge in [0.15, 0.2) is 5.78 Å². The van der Waals surface area contributed by atoms with Gasteiger partial charge in [-0.05, 0) is 25.7 Å². The number of phenols is 2. The normalized spacial score (nSPS) is 18.3. The third-order valence-corrected chi connectivity index (χ3v) is 5.89. The maximum Gasteiger partial charge on any atom is 0.215 e. The number of rotatable bonds is 15. The molecule has 0 fully saturated rings. The first-order chi connectivity index (χ1) is 14.9. The lowest BCUT2D eigenvalue weighted by Gasteiger charge is -2.33. The highest BCUT2D eigenvalue weighted by Gasteiger charge is 2.39. The van der Waals surface area contributed by atoms with Gasteiger partial charge in [-0.3, -0.25) is 4.79 Å². The van der Waals surface area contributed by atoms with Crippen molar-refractivity contribution in [1.82, 2.24) is 0 Å². The number of phenolic OH excluding ortho intramolecular Hbond substituents is 2. The van der Waals surface area contributed by atoms with Crippen LogP contribution in [0.1, 0.15) is 114 Å². The molecule has 5 heteroatoms. The van der Waals surface area contributed by atoms with Crippen molar-refractivity contribution in [2.75, 3.05) is 0 Å². The van der Waals surface area contributed by atoms with E-state index in [0.29, 0.717) is 6.42 Å². The molecule has 0 bridgehead atoms. The topological polar surface area (TPSA) is 87.0 Å². The Bertz CT molecular complexity index is 712. The van der Waals surface area contributed by atoms with E-state index in [9.17, 15) is 20.1 Å². The van der Waals surface area contributed by atoms with Crippen molar-refractivity contribution in [2.45, 2.75) is 109 Å². The molecule has 1 aliphatic heterocycles. The summed E-state index contributed by atoms with van der Waals surface area (Å²) in [7, 11) is 0. The van der Waals surface area contributed by atoms with Gasteiger partial charge in [0.2, 0.25) is 5.79 Å². The van der Waals surface area contributed by atoms with E-state index in [1.807, 2.05) is 0 Å². The zero-order chi connectivity index (χ0) is 22.5. The molecule has 1 atom stereocenters. The number of ketones is 1. The summed E-state index contributed by atoms with van der Waals surface area (Å²) in [6.07, 6.45) is 20.3. The summed E-state index contributed by atoms with van der Waals surface area (Å²) in [5, 5.41) is 30.1. The number of hydrogen-bond donors (Lipinski definition) is 3. The van der Waals surface area contributed by atoms with Crippen LogP contribution in [0.15, 0.2) is 24.3 Å². The molecule has 0 saturated heterocycles. The second kappa shape index (κ2) is 13.4. The molecule has 0 aliphatic carbocycles. The summed E-state index contributed by atoms with van der Waals surface area (Å²) in [6.45, 7) is 2.21. The summed E-state index contributed by atoms with van der Waals surface area (Å²) >= 11 is 0. The Morgan fingerprint density at radius 3 is 2.13 bits per heavy atom. The molecule has 1 aliphatic rings. The molecule has 1 heterocycles. The van der Waals surface area contributed by atoms with Crippen molar-refractivity contribution in [3.8, 4) is 17.2 Å². The van der Waals surface area contributed by atoms with Gasteiger partial charge in [0.05, 0.1) is 6.42 Å². The molecule has 0 aromatic heterocycles. The first-order valence-electron chi connectivity index (χ1n) is 12.1. The van der Waals surface area contributed by atoms with Gasteiger partial charge in [-0.1, -0.05) is 76.9 Å². The van der Waals surface area contributed by atoms with Crippen LogP contribution in [0.4, 0.5) is 0 Å². The highest BCUT2D eigenvalue weighted by Crippen LogP contribution is 2.41. The van der Waals surface area contributed by atoms with E-state index in [-0.39, 0.29) is 35.0 Å². The summed E-state index contributed by atoms with van der Waals surface area (Å²) in [5.41, 5.74) is 0.0374. The van der Waals surface area contributed by atoms with Crippen LogP contribution in [-0.2, 0) is 0 Å². The summed E-state index contributed by atoms with van der Waals surface area (Å²) < 4.78 is 5.58. The first-order valence-corrected chi connectivity index (χ1v) is 12.1. The maximum absolute atomic E-state index is 12.3. The second-order valence-corrected chi connectivity index (χ2v) is 8.82. The quantitative estimate of drug-likeness (QED) is 0.210. The van der Waals surface area contributed by atoms with Gasteiger partial charge >= 0.3 is 0 Å². The lowest BCUT2D eigenvalue weighted by Crippen LogP contribution is -2.41. The van der Waals surface area contributed by atoms with Gasteiger partial charge in [-0.2, -0.15) is 0 Å². The van der Waals surface area contributed by atoms with Crippen LogP contribution < -0.4 is 4.74 Å². The van der Waals surface area contributed by atoms with Crippen molar-refractivity contribution >= 4 is 5.78 Å². The predicted octanol–water partition coefficient (Wildman–Crippen LogP) is 6.79. The molecule has 0 radical (unpaired) electrons. The van der Waals surface area contributed by atoms with E-state index >= 15 is 0 Å². The molecular weight excluding hydrogens is 392 g/mol. The SMILES string of the molecule is CCC/C=C\CCCCCCCCCCCC[C@@]1(O)CC(=O)c2c(O)cc(O)cc2O1. The van der Waals surface area contributed by atoms with Crippen LogP contribution >= 0.6 is 0 Å². The minimum atomic E-state index is -1.56. The van der Waals surface area contributed by atoms with Crippen LogP contribution in [0.2, 0.25) is 0 Å². The zero-order valence-electron chi connectivity index (χ0n) is 19.1. The van der Waals surface area contributed by atoms with Crippen molar-refractivity contribution in [3.63, 3.8) is 0 Å². The van der Waals surface area contributed by atoms with Crippen molar-refractivity contribution < 1.29 is 24.9 Å². The first kappa shape index (κ1) is 25.3. The number of hydrogen-bond acceptors (Lipinski definition) is 5. The van der Waals surface area contributed by atoms with Gasteiger partial charge in [-0.25, -0.2) is 0 Å². The number of carbonyl (C=O) groups is 1. The molecule has 3 N–H and O–H groups in total. The molecule has 0 amide bonds. The van der Waals surface area contributed by atoms with Crippen LogP contribution in [0.3, 0.4) is 0 Å². The fourth-order valence-corrected chi connectivity index (χ4v) is 4.15. The standard InChI is InChI=1S/C26H40O5/c1-2-3-4-5-6-7-8-9-10-11-12-13-14-15-16-17-26(30)20-23(29)25-22(28)18-21(27)19-24(25)31-26/h4-5,18-19,27-28,30H,2-3,6-17,20H2,1H3/b5-4-/t26-/m0/s1. The molecule has 0 spiro atoms. The number of benzene rings is 1. The Morgan fingerprint density at radius 2 is 1.48 bits per heavy atom. The van der Waals surface area contributed by atoms with Crippen molar-refractivity contribution in [2.24, 2.45) is 0 Å². The highest BCUT2D eigenvalue weighted by atomic mass is 16.6. The van der Waals surface area contributed by atoms with Crippen LogP contribution in [0, 0.1) is 0 Å². The van der Waals surface area contributed by atoms with Crippen molar-refractivity contribution in [3.05, 3.63) is 29.8 Å². The molecule has 5 nitrogen and oxygen atoms in total. The van der Waals surface area contributed by atoms with Gasteiger partial charge in [0, 0.05) is 18.6 Å². The number of carbonyl (C=O) groups excluding carboxylic acids is 1. The fraction of sp³-hybridized carbons (Fsp3) is 0.654. The minimum absolute atomic E-state index is 0.0374. The van der Waals surface area contributed by atoms with E-state index in [0.717, 1.165) is 25.3 Å². The van der Waals surface area contributed by atoms with Gasteiger partial charge in [0.25, 0.3) is 0 Å². The van der Waals surface area contributed by atoms with Gasteiger partial charge in [0.1, 0.15) is 22.8 Å². The number of unbranched alkanes of at least 4 members (excludes halogenated alkanes) is 11. The molecule has 174 valence electrons. The van der Waals surface area contributed by atoms with E-state index in [2.05, 4.69) is 19.1 Å². The number of Topliss-reactive ketones (excluding diaryl/α,β-unsaturated/α-hetero) is 1. The molecular formula is C26H40O5. The average molecular weight is 433 g/mol. The highest BCUT2D eigenvalue weighted by molar-refractivity contribution is 6.02. The smallest absolute Gasteiger partial charge is 0.215 e. The molecule has 0 saturated carbocycles. The Hall–Kier alpha value is -2.01. The monoisotopic (exact) mass is 432 g/mol. The Morgan fingerprint density at radius 1 is 0.903 bits per heavy atom. The molecule has 1 aromatic rings. The van der Waals surface area contributed by atoms with Gasteiger partial charge in [-0.15, -0.1) is 0 Å². The number of aliphatic hydroxyl groups is 1. The van der Waals surface area contributed by atoms with Crippen LogP contribution in [0.25, 0.3) is 0 Å². The molecule has 2 rings (SSSR count).